The van der Waals surface area contributed by atoms with Crippen molar-refractivity contribution in [2.45, 2.75) is 0 Å². The zero-order valence-corrected chi connectivity index (χ0v) is 13.2. The van der Waals surface area contributed by atoms with Gasteiger partial charge in [-0.1, -0.05) is 72.0 Å². The van der Waals surface area contributed by atoms with Crippen molar-refractivity contribution in [1.82, 2.24) is 14.6 Å². The molecule has 0 spiro atoms. The van der Waals surface area contributed by atoms with Gasteiger partial charge in [0, 0.05) is 5.56 Å². The van der Waals surface area contributed by atoms with E-state index in [4.69, 9.17) is 0 Å². The fraction of sp³-hybridized carbons (Fsp3) is 0. The van der Waals surface area contributed by atoms with Crippen LogP contribution in [0.3, 0.4) is 0 Å². The van der Waals surface area contributed by atoms with Gasteiger partial charge in [-0.15, -0.1) is 0 Å². The van der Waals surface area contributed by atoms with Crippen molar-refractivity contribution in [2.24, 2.45) is 0 Å². The molecule has 0 aliphatic rings. The summed E-state index contributed by atoms with van der Waals surface area (Å²) in [7, 11) is 0. The summed E-state index contributed by atoms with van der Waals surface area (Å²) < 4.78 is 1.69. The molecule has 6 heteroatoms. The first kappa shape index (κ1) is 14.5. The van der Waals surface area contributed by atoms with Crippen LogP contribution in [0.2, 0.25) is 0 Å². The van der Waals surface area contributed by atoms with E-state index in [9.17, 15) is 9.59 Å². The zero-order valence-electron chi connectivity index (χ0n) is 12.4. The molecule has 0 fully saturated rings. The average molecular weight is 333 g/mol. The highest BCUT2D eigenvalue weighted by Crippen LogP contribution is 2.11. The molecule has 0 saturated carbocycles. The minimum absolute atomic E-state index is 0.175. The molecule has 0 radical (unpaired) electrons. The second-order valence-corrected chi connectivity index (χ2v) is 6.16. The Bertz CT molecular complexity index is 1180. The molecule has 0 N–H and O–H groups in total. The van der Waals surface area contributed by atoms with Crippen LogP contribution in [-0.2, 0) is 0 Å². The van der Waals surface area contributed by atoms with Gasteiger partial charge in [-0.25, -0.2) is 0 Å². The number of aromatic nitrogens is 3. The number of thiazole rings is 1. The lowest BCUT2D eigenvalue weighted by Crippen LogP contribution is -2.26. The maximum absolute atomic E-state index is 12.6. The molecule has 24 heavy (non-hydrogen) atoms. The predicted molar refractivity (Wildman–Crippen MR) is 94.1 cm³/mol. The summed E-state index contributed by atoms with van der Waals surface area (Å²) in [6.45, 7) is 0. The number of rotatable bonds is 2. The van der Waals surface area contributed by atoms with E-state index in [1.165, 1.54) is 4.52 Å². The largest absolute Gasteiger partial charge is 0.300 e. The predicted octanol–water partition coefficient (Wildman–Crippen LogP) is 1.73. The van der Waals surface area contributed by atoms with Gasteiger partial charge in [-0.2, -0.15) is 14.6 Å². The third-order valence-electron chi connectivity index (χ3n) is 3.53. The summed E-state index contributed by atoms with van der Waals surface area (Å²) in [5.74, 6) is 0. The Morgan fingerprint density at radius 3 is 2.29 bits per heavy atom. The third kappa shape index (κ3) is 2.53. The van der Waals surface area contributed by atoms with Crippen LogP contribution in [0.25, 0.3) is 22.3 Å². The van der Waals surface area contributed by atoms with Gasteiger partial charge in [0.25, 0.3) is 5.56 Å². The van der Waals surface area contributed by atoms with Gasteiger partial charge < -0.3 is 0 Å². The van der Waals surface area contributed by atoms with Gasteiger partial charge >= 0.3 is 5.56 Å². The van der Waals surface area contributed by atoms with E-state index < -0.39 is 5.56 Å². The highest BCUT2D eigenvalue weighted by atomic mass is 32.1. The quantitative estimate of drug-likeness (QED) is 0.560. The summed E-state index contributed by atoms with van der Waals surface area (Å²) in [6.07, 6.45) is 1.77. The fourth-order valence-corrected chi connectivity index (χ4v) is 3.29. The van der Waals surface area contributed by atoms with Crippen LogP contribution in [0.4, 0.5) is 0 Å². The van der Waals surface area contributed by atoms with E-state index >= 15 is 0 Å². The minimum atomic E-state index is -0.436. The van der Waals surface area contributed by atoms with Crippen LogP contribution >= 0.6 is 11.3 Å². The Morgan fingerprint density at radius 1 is 0.917 bits per heavy atom. The molecule has 0 amide bonds. The van der Waals surface area contributed by atoms with Crippen molar-refractivity contribution in [3.8, 4) is 11.3 Å². The van der Waals surface area contributed by atoms with Gasteiger partial charge in [0.1, 0.15) is 0 Å². The maximum Gasteiger partial charge on any atom is 0.300 e. The molecule has 4 aromatic rings. The lowest BCUT2D eigenvalue weighted by atomic mass is 10.2. The minimum Gasteiger partial charge on any atom is -0.266 e. The van der Waals surface area contributed by atoms with Crippen molar-refractivity contribution < 1.29 is 0 Å². The lowest BCUT2D eigenvalue weighted by Gasteiger charge is -1.98. The Kier molecular flexibility index (Phi) is 3.51. The van der Waals surface area contributed by atoms with Gasteiger partial charge in [0.2, 0.25) is 4.96 Å². The summed E-state index contributed by atoms with van der Waals surface area (Å²) in [5.41, 5.74) is 1.02. The maximum atomic E-state index is 12.6. The van der Waals surface area contributed by atoms with Crippen LogP contribution in [0.5, 0.6) is 0 Å². The molecule has 0 bridgehead atoms. The Labute approximate surface area is 140 Å². The standard InChI is InChI=1S/C18H11N3O2S/c22-16-15(13-9-5-2-6-10-13)20-21-17(23)14(24-18(21)19-16)11-12-7-3-1-4-8-12/h1-11H/b14-11+. The van der Waals surface area contributed by atoms with E-state index in [2.05, 4.69) is 10.1 Å². The first-order valence-corrected chi connectivity index (χ1v) is 8.10. The molecule has 0 atom stereocenters. The Balaban J connectivity index is 1.96. The van der Waals surface area contributed by atoms with Gasteiger partial charge in [-0.3, -0.25) is 9.59 Å². The summed E-state index contributed by atoms with van der Waals surface area (Å²) in [5, 5.41) is 4.23. The van der Waals surface area contributed by atoms with Crippen molar-refractivity contribution >= 4 is 22.4 Å². The molecule has 0 aliphatic carbocycles. The highest BCUT2D eigenvalue weighted by Gasteiger charge is 2.12. The van der Waals surface area contributed by atoms with E-state index in [-0.39, 0.29) is 11.3 Å². The zero-order chi connectivity index (χ0) is 16.5. The third-order valence-corrected chi connectivity index (χ3v) is 4.49. The normalized spacial score (nSPS) is 11.9. The Morgan fingerprint density at radius 2 is 1.58 bits per heavy atom. The van der Waals surface area contributed by atoms with E-state index in [0.29, 0.717) is 15.1 Å². The molecule has 0 aliphatic heterocycles. The number of hydrogen-bond donors (Lipinski definition) is 0. The molecule has 0 saturated heterocycles. The van der Waals surface area contributed by atoms with Crippen LogP contribution in [0.1, 0.15) is 5.56 Å². The number of nitrogens with zero attached hydrogens (tertiary/aromatic N) is 3. The molecule has 5 nitrogen and oxygen atoms in total. The van der Waals surface area contributed by atoms with E-state index in [1.807, 2.05) is 48.5 Å². The first-order valence-electron chi connectivity index (χ1n) is 7.28. The topological polar surface area (TPSA) is 64.3 Å². The van der Waals surface area contributed by atoms with Crippen LogP contribution in [0.15, 0.2) is 70.3 Å². The fourth-order valence-electron chi connectivity index (χ4n) is 2.39. The molecule has 2 aromatic heterocycles. The summed E-state index contributed by atoms with van der Waals surface area (Å²) in [6, 6.07) is 18.5. The first-order chi connectivity index (χ1) is 11.7. The van der Waals surface area contributed by atoms with Crippen molar-refractivity contribution in [3.63, 3.8) is 0 Å². The molecule has 0 unspecified atom stereocenters. The molecule has 4 rings (SSSR count). The second-order valence-electron chi connectivity index (χ2n) is 5.15. The molecular weight excluding hydrogens is 322 g/mol. The van der Waals surface area contributed by atoms with Gasteiger partial charge in [0.15, 0.2) is 5.69 Å². The van der Waals surface area contributed by atoms with E-state index in [0.717, 1.165) is 16.9 Å². The molecule has 2 aromatic carbocycles. The van der Waals surface area contributed by atoms with Crippen molar-refractivity contribution in [1.29, 1.82) is 0 Å². The van der Waals surface area contributed by atoms with Gasteiger partial charge in [0.05, 0.1) is 4.53 Å². The number of fused-ring (bicyclic) bond motifs is 1. The SMILES string of the molecule is O=c1nc2s/c(=C/c3ccccc3)c(=O)n2nc1-c1ccccc1. The van der Waals surface area contributed by atoms with E-state index in [1.54, 1.807) is 18.2 Å². The smallest absolute Gasteiger partial charge is 0.266 e. The second kappa shape index (κ2) is 5.82. The monoisotopic (exact) mass is 333 g/mol. The van der Waals surface area contributed by atoms with Crippen molar-refractivity contribution in [3.05, 3.63) is 91.5 Å². The van der Waals surface area contributed by atoms with Crippen LogP contribution < -0.4 is 15.7 Å². The molecule has 2 heterocycles. The average Bonchev–Trinajstić information content (AvgIpc) is 2.91. The Hall–Kier alpha value is -3.12. The van der Waals surface area contributed by atoms with Crippen LogP contribution in [0, 0.1) is 0 Å². The molecular formula is C18H11N3O2S. The van der Waals surface area contributed by atoms with Crippen LogP contribution in [-0.4, -0.2) is 14.6 Å². The summed E-state index contributed by atoms with van der Waals surface area (Å²) >= 11 is 1.16. The summed E-state index contributed by atoms with van der Waals surface area (Å²) in [4.78, 5) is 29.1. The lowest BCUT2D eigenvalue weighted by molar-refractivity contribution is 0.873. The number of benzene rings is 2. The van der Waals surface area contributed by atoms with Gasteiger partial charge in [-0.05, 0) is 11.6 Å². The highest BCUT2D eigenvalue weighted by molar-refractivity contribution is 7.15. The number of hydrogen-bond acceptors (Lipinski definition) is 5. The van der Waals surface area contributed by atoms with Crippen molar-refractivity contribution in [2.75, 3.05) is 0 Å². The molecule has 116 valence electrons.